The number of fused-ring (bicyclic) bond motifs is 3. The molecular weight excluding hydrogens is 396 g/mol. The number of para-hydroxylation sites is 1. The highest BCUT2D eigenvalue weighted by Crippen LogP contribution is 2.42. The minimum Gasteiger partial charge on any atom is -0.493 e. The quantitative estimate of drug-likeness (QED) is 0.570. The van der Waals surface area contributed by atoms with Crippen molar-refractivity contribution in [2.45, 2.75) is 12.5 Å². The molecule has 0 spiro atoms. The number of nitrogens with zero attached hydrogens (tertiary/aromatic N) is 2. The van der Waals surface area contributed by atoms with Gasteiger partial charge >= 0.3 is 0 Å². The van der Waals surface area contributed by atoms with Crippen LogP contribution in [0.15, 0.2) is 72.8 Å². The van der Waals surface area contributed by atoms with E-state index in [1.165, 1.54) is 11.1 Å². The first-order valence-corrected chi connectivity index (χ1v) is 9.99. The van der Waals surface area contributed by atoms with Crippen LogP contribution in [0.2, 0.25) is 0 Å². The standard InChI is InChI=1S/C25H22N2O2.ClH/c26-13-19-8-11-25-23(12-19)24-16-27(15-20(24)17-28-25)14-18-6-9-22(10-7-18)29-21-4-2-1-3-5-21;/h1-12,20,24H,14-17H2;1H. The van der Waals surface area contributed by atoms with Crippen molar-refractivity contribution in [3.05, 3.63) is 89.5 Å². The van der Waals surface area contributed by atoms with Crippen LogP contribution in [-0.2, 0) is 6.54 Å². The predicted octanol–water partition coefficient (Wildman–Crippen LogP) is 5.38. The molecule has 2 unspecified atom stereocenters. The van der Waals surface area contributed by atoms with Crippen LogP contribution >= 0.6 is 12.4 Å². The lowest BCUT2D eigenvalue weighted by Gasteiger charge is -2.27. The number of nitriles is 1. The summed E-state index contributed by atoms with van der Waals surface area (Å²) in [6.45, 7) is 3.68. The van der Waals surface area contributed by atoms with E-state index in [1.54, 1.807) is 0 Å². The third-order valence-electron chi connectivity index (χ3n) is 5.82. The highest BCUT2D eigenvalue weighted by molar-refractivity contribution is 5.85. The smallest absolute Gasteiger partial charge is 0.127 e. The summed E-state index contributed by atoms with van der Waals surface area (Å²) in [5.41, 5.74) is 3.17. The molecule has 5 heteroatoms. The molecule has 2 atom stereocenters. The van der Waals surface area contributed by atoms with Crippen molar-refractivity contribution in [2.24, 2.45) is 5.92 Å². The van der Waals surface area contributed by atoms with E-state index in [1.807, 2.05) is 60.7 Å². The molecule has 152 valence electrons. The van der Waals surface area contributed by atoms with Crippen LogP contribution in [0, 0.1) is 17.2 Å². The van der Waals surface area contributed by atoms with Gasteiger partial charge in [0.2, 0.25) is 0 Å². The van der Waals surface area contributed by atoms with Gasteiger partial charge in [0.05, 0.1) is 18.2 Å². The van der Waals surface area contributed by atoms with Gasteiger partial charge in [-0.1, -0.05) is 30.3 Å². The van der Waals surface area contributed by atoms with Crippen molar-refractivity contribution in [1.29, 1.82) is 5.26 Å². The fourth-order valence-electron chi connectivity index (χ4n) is 4.39. The zero-order valence-corrected chi connectivity index (χ0v) is 17.3. The Hall–Kier alpha value is -3.00. The summed E-state index contributed by atoms with van der Waals surface area (Å²) in [4.78, 5) is 2.49. The average molecular weight is 419 g/mol. The Morgan fingerprint density at radius 2 is 1.73 bits per heavy atom. The van der Waals surface area contributed by atoms with Gasteiger partial charge in [-0.15, -0.1) is 12.4 Å². The molecule has 3 aromatic carbocycles. The topological polar surface area (TPSA) is 45.5 Å². The second kappa shape index (κ2) is 8.79. The van der Waals surface area contributed by atoms with E-state index in [9.17, 15) is 5.26 Å². The number of ether oxygens (including phenoxy) is 2. The molecule has 3 aromatic rings. The summed E-state index contributed by atoms with van der Waals surface area (Å²) in [5, 5.41) is 9.23. The maximum Gasteiger partial charge on any atom is 0.127 e. The third kappa shape index (κ3) is 4.14. The Bertz CT molecular complexity index is 1050. The molecule has 2 heterocycles. The van der Waals surface area contributed by atoms with Crippen molar-refractivity contribution in [1.82, 2.24) is 4.90 Å². The lowest BCUT2D eigenvalue weighted by atomic mass is 9.86. The van der Waals surface area contributed by atoms with E-state index in [0.717, 1.165) is 43.5 Å². The summed E-state index contributed by atoms with van der Waals surface area (Å²) in [7, 11) is 0. The second-order valence-corrected chi connectivity index (χ2v) is 7.80. The van der Waals surface area contributed by atoms with Gasteiger partial charge in [-0.05, 0) is 48.0 Å². The average Bonchev–Trinajstić information content (AvgIpc) is 3.18. The van der Waals surface area contributed by atoms with Crippen LogP contribution in [0.3, 0.4) is 0 Å². The predicted molar refractivity (Wildman–Crippen MR) is 118 cm³/mol. The van der Waals surface area contributed by atoms with Gasteiger partial charge in [-0.3, -0.25) is 4.90 Å². The van der Waals surface area contributed by atoms with Crippen LogP contribution < -0.4 is 9.47 Å². The fraction of sp³-hybridized carbons (Fsp3) is 0.240. The van der Waals surface area contributed by atoms with Gasteiger partial charge in [0, 0.05) is 37.0 Å². The largest absolute Gasteiger partial charge is 0.493 e. The molecule has 2 aliphatic heterocycles. The monoisotopic (exact) mass is 418 g/mol. The Labute approximate surface area is 183 Å². The summed E-state index contributed by atoms with van der Waals surface area (Å²) >= 11 is 0. The normalized spacial score (nSPS) is 19.6. The minimum absolute atomic E-state index is 0. The van der Waals surface area contributed by atoms with E-state index in [-0.39, 0.29) is 12.4 Å². The Balaban J connectivity index is 0.00000218. The molecule has 2 aliphatic rings. The first-order chi connectivity index (χ1) is 14.3. The summed E-state index contributed by atoms with van der Waals surface area (Å²) < 4.78 is 11.8. The van der Waals surface area contributed by atoms with E-state index in [0.29, 0.717) is 17.4 Å². The SMILES string of the molecule is Cl.N#Cc1ccc2c(c1)C1CN(Cc3ccc(Oc4ccccc4)cc3)CC1CO2. The highest BCUT2D eigenvalue weighted by Gasteiger charge is 2.38. The molecule has 5 rings (SSSR count). The van der Waals surface area contributed by atoms with Crippen molar-refractivity contribution in [3.8, 4) is 23.3 Å². The molecule has 4 nitrogen and oxygen atoms in total. The minimum atomic E-state index is 0. The lowest BCUT2D eigenvalue weighted by molar-refractivity contribution is 0.212. The number of hydrogen-bond acceptors (Lipinski definition) is 4. The van der Waals surface area contributed by atoms with Gasteiger partial charge in [0.15, 0.2) is 0 Å². The number of rotatable bonds is 4. The van der Waals surface area contributed by atoms with E-state index in [4.69, 9.17) is 9.47 Å². The maximum absolute atomic E-state index is 9.23. The fourth-order valence-corrected chi connectivity index (χ4v) is 4.39. The Morgan fingerprint density at radius 3 is 2.50 bits per heavy atom. The number of halogens is 1. The van der Waals surface area contributed by atoms with E-state index < -0.39 is 0 Å². The van der Waals surface area contributed by atoms with Crippen molar-refractivity contribution in [3.63, 3.8) is 0 Å². The molecule has 0 aliphatic carbocycles. The third-order valence-corrected chi connectivity index (χ3v) is 5.82. The van der Waals surface area contributed by atoms with Gasteiger partial charge < -0.3 is 9.47 Å². The second-order valence-electron chi connectivity index (χ2n) is 7.80. The number of likely N-dealkylation sites (tertiary alicyclic amines) is 1. The zero-order valence-electron chi connectivity index (χ0n) is 16.5. The van der Waals surface area contributed by atoms with Gasteiger partial charge in [-0.25, -0.2) is 0 Å². The molecule has 1 fully saturated rings. The van der Waals surface area contributed by atoms with E-state index >= 15 is 0 Å². The van der Waals surface area contributed by atoms with Crippen molar-refractivity contribution < 1.29 is 9.47 Å². The molecule has 0 saturated carbocycles. The highest BCUT2D eigenvalue weighted by atomic mass is 35.5. The van der Waals surface area contributed by atoms with Gasteiger partial charge in [0.1, 0.15) is 17.2 Å². The van der Waals surface area contributed by atoms with Crippen molar-refractivity contribution >= 4 is 12.4 Å². The van der Waals surface area contributed by atoms with E-state index in [2.05, 4.69) is 23.1 Å². The summed E-state index contributed by atoms with van der Waals surface area (Å²) in [6.07, 6.45) is 0. The zero-order chi connectivity index (χ0) is 19.6. The van der Waals surface area contributed by atoms with Gasteiger partial charge in [-0.2, -0.15) is 5.26 Å². The van der Waals surface area contributed by atoms with Crippen LogP contribution in [0.1, 0.15) is 22.6 Å². The molecule has 0 radical (unpaired) electrons. The molecule has 0 amide bonds. The van der Waals surface area contributed by atoms with Crippen molar-refractivity contribution in [2.75, 3.05) is 19.7 Å². The Kier molecular flexibility index (Phi) is 5.94. The summed E-state index contributed by atoms with van der Waals surface area (Å²) in [6, 6.07) is 26.2. The van der Waals surface area contributed by atoms with Crippen LogP contribution in [-0.4, -0.2) is 24.6 Å². The van der Waals surface area contributed by atoms with Crippen LogP contribution in [0.5, 0.6) is 17.2 Å². The first-order valence-electron chi connectivity index (χ1n) is 9.99. The molecule has 0 aromatic heterocycles. The van der Waals surface area contributed by atoms with Crippen LogP contribution in [0.4, 0.5) is 0 Å². The molecular formula is C25H23ClN2O2. The molecule has 1 saturated heterocycles. The summed E-state index contributed by atoms with van der Waals surface area (Å²) in [5.74, 6) is 3.56. The van der Waals surface area contributed by atoms with Crippen LogP contribution in [0.25, 0.3) is 0 Å². The molecule has 0 N–H and O–H groups in total. The number of benzene rings is 3. The Morgan fingerprint density at radius 1 is 0.967 bits per heavy atom. The first kappa shape index (κ1) is 20.3. The molecule has 0 bridgehead atoms. The maximum atomic E-state index is 9.23. The lowest BCUT2D eigenvalue weighted by Crippen LogP contribution is -2.25. The van der Waals surface area contributed by atoms with Gasteiger partial charge in [0.25, 0.3) is 0 Å². The molecule has 30 heavy (non-hydrogen) atoms. The number of hydrogen-bond donors (Lipinski definition) is 0.